The summed E-state index contributed by atoms with van der Waals surface area (Å²) in [6.45, 7) is 1.73. The summed E-state index contributed by atoms with van der Waals surface area (Å²) in [7, 11) is 1.27. The monoisotopic (exact) mass is 410 g/mol. The average molecular weight is 410 g/mol. The minimum absolute atomic E-state index is 0.171. The number of hydrogen-bond donors (Lipinski definition) is 2. The summed E-state index contributed by atoms with van der Waals surface area (Å²) >= 11 is 0. The molecule has 31 heavy (non-hydrogen) atoms. The van der Waals surface area contributed by atoms with Crippen molar-refractivity contribution in [2.24, 2.45) is 0 Å². The summed E-state index contributed by atoms with van der Waals surface area (Å²) in [5.74, 6) is -0.280. The standard InChI is InChI=1S/C24H18N4O3/c1-14-8-16(12-19(13-25)27-14)23(29)17-9-15(10-18(11-17)28-24(30)31-2)20-4-3-5-22-21(20)6-7-26-22/h3-12,26H,1-2H3,(H,28,30). The number of methoxy groups -OCH3 is 1. The number of carbonyl (C=O) groups excluding carboxylic acids is 2. The van der Waals surface area contributed by atoms with Crippen molar-refractivity contribution in [1.82, 2.24) is 9.97 Å². The largest absolute Gasteiger partial charge is 0.453 e. The fourth-order valence-corrected chi connectivity index (χ4v) is 3.52. The van der Waals surface area contributed by atoms with Crippen LogP contribution in [0.1, 0.15) is 27.3 Å². The molecule has 2 heterocycles. The molecule has 7 heteroatoms. The highest BCUT2D eigenvalue weighted by Gasteiger charge is 2.16. The Balaban J connectivity index is 1.87. The normalized spacial score (nSPS) is 10.5. The highest BCUT2D eigenvalue weighted by Crippen LogP contribution is 2.32. The van der Waals surface area contributed by atoms with E-state index in [0.29, 0.717) is 22.5 Å². The average Bonchev–Trinajstić information content (AvgIpc) is 3.26. The van der Waals surface area contributed by atoms with Crippen LogP contribution in [0.2, 0.25) is 0 Å². The van der Waals surface area contributed by atoms with Crippen LogP contribution in [0.5, 0.6) is 0 Å². The first-order valence-corrected chi connectivity index (χ1v) is 9.48. The molecule has 2 N–H and O–H groups in total. The number of hydrogen-bond acceptors (Lipinski definition) is 5. The minimum atomic E-state index is -0.637. The van der Waals surface area contributed by atoms with Gasteiger partial charge in [0.15, 0.2) is 5.78 Å². The number of anilines is 1. The highest BCUT2D eigenvalue weighted by molar-refractivity contribution is 6.11. The summed E-state index contributed by atoms with van der Waals surface area (Å²) in [6.07, 6.45) is 1.21. The molecule has 4 rings (SSSR count). The second kappa shape index (κ2) is 8.13. The Hall–Kier alpha value is -4.44. The molecule has 0 fully saturated rings. The number of aromatic amines is 1. The van der Waals surface area contributed by atoms with Crippen LogP contribution in [-0.4, -0.2) is 29.0 Å². The van der Waals surface area contributed by atoms with Crippen LogP contribution in [0.4, 0.5) is 10.5 Å². The Labute approximate surface area is 178 Å². The number of rotatable bonds is 4. The van der Waals surface area contributed by atoms with Gasteiger partial charge in [-0.3, -0.25) is 10.1 Å². The van der Waals surface area contributed by atoms with Gasteiger partial charge in [-0.25, -0.2) is 9.78 Å². The molecule has 0 bridgehead atoms. The molecule has 0 saturated carbocycles. The van der Waals surface area contributed by atoms with Gasteiger partial charge in [-0.1, -0.05) is 12.1 Å². The molecule has 0 saturated heterocycles. The third-order valence-electron chi connectivity index (χ3n) is 4.86. The van der Waals surface area contributed by atoms with Crippen molar-refractivity contribution in [1.29, 1.82) is 5.26 Å². The first kappa shape index (κ1) is 19.9. The Morgan fingerprint density at radius 2 is 1.90 bits per heavy atom. The summed E-state index contributed by atoms with van der Waals surface area (Å²) in [4.78, 5) is 32.4. The zero-order chi connectivity index (χ0) is 22.0. The molecular weight excluding hydrogens is 392 g/mol. The lowest BCUT2D eigenvalue weighted by atomic mass is 9.95. The Kier molecular flexibility index (Phi) is 5.21. The van der Waals surface area contributed by atoms with Crippen molar-refractivity contribution >= 4 is 28.5 Å². The van der Waals surface area contributed by atoms with Crippen LogP contribution in [0.3, 0.4) is 0 Å². The van der Waals surface area contributed by atoms with E-state index in [2.05, 4.69) is 15.3 Å². The zero-order valence-corrected chi connectivity index (χ0v) is 16.9. The molecule has 0 atom stereocenters. The summed E-state index contributed by atoms with van der Waals surface area (Å²) in [5.41, 5.74) is 4.51. The van der Waals surface area contributed by atoms with Gasteiger partial charge in [0.2, 0.25) is 0 Å². The Bertz CT molecular complexity index is 1370. The van der Waals surface area contributed by atoms with Gasteiger partial charge in [0.25, 0.3) is 0 Å². The van der Waals surface area contributed by atoms with Crippen molar-refractivity contribution in [2.45, 2.75) is 6.92 Å². The summed E-state index contributed by atoms with van der Waals surface area (Å²) in [5, 5.41) is 12.8. The number of ketones is 1. The van der Waals surface area contributed by atoms with E-state index in [1.54, 1.807) is 31.2 Å². The van der Waals surface area contributed by atoms with Crippen molar-refractivity contribution in [2.75, 3.05) is 12.4 Å². The molecule has 2 aromatic heterocycles. The van der Waals surface area contributed by atoms with E-state index >= 15 is 0 Å². The van der Waals surface area contributed by atoms with E-state index in [9.17, 15) is 14.9 Å². The van der Waals surface area contributed by atoms with Crippen molar-refractivity contribution in [3.05, 3.63) is 83.3 Å². The van der Waals surface area contributed by atoms with E-state index in [-0.39, 0.29) is 11.5 Å². The van der Waals surface area contributed by atoms with E-state index in [1.165, 1.54) is 13.2 Å². The van der Waals surface area contributed by atoms with Gasteiger partial charge in [-0.2, -0.15) is 5.26 Å². The molecule has 0 unspecified atom stereocenters. The van der Waals surface area contributed by atoms with Gasteiger partial charge in [0.1, 0.15) is 11.8 Å². The smallest absolute Gasteiger partial charge is 0.411 e. The molecule has 4 aromatic rings. The Morgan fingerprint density at radius 3 is 2.68 bits per heavy atom. The predicted octanol–water partition coefficient (Wildman–Crippen LogP) is 4.82. The number of nitrogens with one attached hydrogen (secondary N) is 2. The maximum Gasteiger partial charge on any atom is 0.411 e. The fourth-order valence-electron chi connectivity index (χ4n) is 3.52. The second-order valence-electron chi connectivity index (χ2n) is 6.98. The molecule has 0 aliphatic heterocycles. The van der Waals surface area contributed by atoms with Crippen LogP contribution < -0.4 is 5.32 Å². The molecule has 0 aliphatic carbocycles. The van der Waals surface area contributed by atoms with Crippen LogP contribution in [-0.2, 0) is 4.74 Å². The number of aryl methyl sites for hydroxylation is 1. The third-order valence-corrected chi connectivity index (χ3v) is 4.86. The van der Waals surface area contributed by atoms with E-state index in [1.807, 2.05) is 36.5 Å². The number of H-pyrrole nitrogens is 1. The van der Waals surface area contributed by atoms with Crippen molar-refractivity contribution in [3.63, 3.8) is 0 Å². The number of pyridine rings is 1. The van der Waals surface area contributed by atoms with Gasteiger partial charge in [-0.15, -0.1) is 0 Å². The molecular formula is C24H18N4O3. The third kappa shape index (κ3) is 4.00. The van der Waals surface area contributed by atoms with Gasteiger partial charge >= 0.3 is 6.09 Å². The van der Waals surface area contributed by atoms with E-state index < -0.39 is 6.09 Å². The number of benzene rings is 2. The number of nitrogens with zero attached hydrogens (tertiary/aromatic N) is 2. The summed E-state index contributed by atoms with van der Waals surface area (Å²) < 4.78 is 4.70. The van der Waals surface area contributed by atoms with Crippen LogP contribution in [0.25, 0.3) is 22.0 Å². The minimum Gasteiger partial charge on any atom is -0.453 e. The molecule has 0 spiro atoms. The lowest BCUT2D eigenvalue weighted by molar-refractivity contribution is 0.103. The molecule has 2 aromatic carbocycles. The SMILES string of the molecule is COC(=O)Nc1cc(C(=O)c2cc(C)nc(C#N)c2)cc(-c2cccc3[nH]ccc23)c1. The number of carbonyl (C=O) groups is 2. The summed E-state index contributed by atoms with van der Waals surface area (Å²) in [6, 6.07) is 18.0. The number of aromatic nitrogens is 2. The lowest BCUT2D eigenvalue weighted by Crippen LogP contribution is -2.12. The first-order chi connectivity index (χ1) is 15.0. The van der Waals surface area contributed by atoms with Crippen LogP contribution in [0.15, 0.2) is 60.8 Å². The number of fused-ring (bicyclic) bond motifs is 1. The molecule has 0 radical (unpaired) electrons. The van der Waals surface area contributed by atoms with Crippen molar-refractivity contribution in [3.8, 4) is 17.2 Å². The molecule has 7 nitrogen and oxygen atoms in total. The lowest BCUT2D eigenvalue weighted by Gasteiger charge is -2.12. The van der Waals surface area contributed by atoms with Crippen molar-refractivity contribution < 1.29 is 14.3 Å². The highest BCUT2D eigenvalue weighted by atomic mass is 16.5. The maximum absolute atomic E-state index is 13.3. The van der Waals surface area contributed by atoms with Crippen LogP contribution >= 0.6 is 0 Å². The molecule has 152 valence electrons. The topological polar surface area (TPSA) is 108 Å². The first-order valence-electron chi connectivity index (χ1n) is 9.48. The van der Waals surface area contributed by atoms with E-state index in [4.69, 9.17) is 4.74 Å². The van der Waals surface area contributed by atoms with Crippen LogP contribution in [0, 0.1) is 18.3 Å². The number of ether oxygens (including phenoxy) is 1. The quantitative estimate of drug-likeness (QED) is 0.469. The van der Waals surface area contributed by atoms with Gasteiger partial charge < -0.3 is 9.72 Å². The second-order valence-corrected chi connectivity index (χ2v) is 6.98. The Morgan fingerprint density at radius 1 is 1.10 bits per heavy atom. The molecule has 1 amide bonds. The fraction of sp³-hybridized carbons (Fsp3) is 0.0833. The van der Waals surface area contributed by atoms with Gasteiger partial charge in [0, 0.05) is 39.6 Å². The zero-order valence-electron chi connectivity index (χ0n) is 16.9. The van der Waals surface area contributed by atoms with Gasteiger partial charge in [0.05, 0.1) is 7.11 Å². The van der Waals surface area contributed by atoms with Gasteiger partial charge in [-0.05, 0) is 60.5 Å². The number of amides is 1. The molecule has 0 aliphatic rings. The van der Waals surface area contributed by atoms with E-state index in [0.717, 1.165) is 22.0 Å². The maximum atomic E-state index is 13.3. The number of nitriles is 1. The predicted molar refractivity (Wildman–Crippen MR) is 117 cm³/mol.